The Morgan fingerprint density at radius 2 is 1.89 bits per heavy atom. The van der Waals surface area contributed by atoms with E-state index < -0.39 is 0 Å². The van der Waals surface area contributed by atoms with E-state index >= 15 is 0 Å². The Kier molecular flexibility index (Phi) is 6.14. The van der Waals surface area contributed by atoms with Crippen molar-refractivity contribution in [1.29, 1.82) is 0 Å². The van der Waals surface area contributed by atoms with E-state index in [0.717, 1.165) is 57.1 Å². The first-order valence-corrected chi connectivity index (χ1v) is 9.18. The number of halogens is 2. The van der Waals surface area contributed by atoms with Crippen LogP contribution in [0.25, 0.3) is 5.69 Å². The Morgan fingerprint density at radius 1 is 1.19 bits per heavy atom. The van der Waals surface area contributed by atoms with Gasteiger partial charge in [0.2, 0.25) is 0 Å². The third-order valence-electron chi connectivity index (χ3n) is 5.30. The summed E-state index contributed by atoms with van der Waals surface area (Å²) in [7, 11) is 0. The molecule has 1 N–H and O–H groups in total. The standard InChI is InChI=1S/C19H24FN5O.ClH/c1-14-12-18(22-25(14)16-4-2-15(20)3-5-16)19(26)24-9-6-17(13-24)23-10-7-21-8-11-23;/h2-5,12,17,21H,6-11,13H2,1H3;1H. The van der Waals surface area contributed by atoms with Gasteiger partial charge in [0.05, 0.1) is 5.69 Å². The van der Waals surface area contributed by atoms with Crippen LogP contribution in [0.1, 0.15) is 22.6 Å². The van der Waals surface area contributed by atoms with Crippen LogP contribution in [-0.2, 0) is 0 Å². The van der Waals surface area contributed by atoms with Crippen molar-refractivity contribution in [1.82, 2.24) is 24.9 Å². The van der Waals surface area contributed by atoms with Crippen molar-refractivity contribution in [2.24, 2.45) is 0 Å². The van der Waals surface area contributed by atoms with Crippen LogP contribution >= 0.6 is 12.4 Å². The second kappa shape index (κ2) is 8.37. The predicted molar refractivity (Wildman–Crippen MR) is 104 cm³/mol. The van der Waals surface area contributed by atoms with Crippen LogP contribution < -0.4 is 5.32 Å². The minimum atomic E-state index is -0.286. The second-order valence-electron chi connectivity index (χ2n) is 7.04. The molecule has 2 saturated heterocycles. The number of carbonyl (C=O) groups excluding carboxylic acids is 1. The molecule has 1 aromatic heterocycles. The number of nitrogens with zero attached hydrogens (tertiary/aromatic N) is 4. The van der Waals surface area contributed by atoms with E-state index in [4.69, 9.17) is 0 Å². The Labute approximate surface area is 164 Å². The van der Waals surface area contributed by atoms with Crippen molar-refractivity contribution in [3.8, 4) is 5.69 Å². The quantitative estimate of drug-likeness (QED) is 0.864. The van der Waals surface area contributed by atoms with Gasteiger partial charge in [-0.05, 0) is 43.7 Å². The summed E-state index contributed by atoms with van der Waals surface area (Å²) in [5, 5.41) is 7.84. The molecule has 0 radical (unpaired) electrons. The number of benzene rings is 1. The molecule has 1 atom stereocenters. The van der Waals surface area contributed by atoms with Crippen LogP contribution in [0, 0.1) is 12.7 Å². The number of aromatic nitrogens is 2. The number of nitrogens with one attached hydrogen (secondary N) is 1. The number of piperazine rings is 1. The van der Waals surface area contributed by atoms with Crippen LogP contribution in [0.3, 0.4) is 0 Å². The van der Waals surface area contributed by atoms with Crippen molar-refractivity contribution < 1.29 is 9.18 Å². The van der Waals surface area contributed by atoms with Crippen molar-refractivity contribution in [3.05, 3.63) is 47.5 Å². The van der Waals surface area contributed by atoms with Gasteiger partial charge in [-0.1, -0.05) is 0 Å². The number of amides is 1. The average molecular weight is 394 g/mol. The van der Waals surface area contributed by atoms with Gasteiger partial charge in [-0.15, -0.1) is 12.4 Å². The molecule has 146 valence electrons. The lowest BCUT2D eigenvalue weighted by atomic mass is 10.2. The van der Waals surface area contributed by atoms with Crippen molar-refractivity contribution >= 4 is 18.3 Å². The van der Waals surface area contributed by atoms with Gasteiger partial charge in [-0.3, -0.25) is 9.69 Å². The Hall–Kier alpha value is -1.96. The number of aryl methyl sites for hydroxylation is 1. The molecule has 1 amide bonds. The smallest absolute Gasteiger partial charge is 0.274 e. The van der Waals surface area contributed by atoms with Crippen LogP contribution in [-0.4, -0.2) is 70.8 Å². The largest absolute Gasteiger partial charge is 0.336 e. The van der Waals surface area contributed by atoms with Crippen LogP contribution in [0.2, 0.25) is 0 Å². The van der Waals surface area contributed by atoms with Gasteiger partial charge in [0.15, 0.2) is 5.69 Å². The zero-order chi connectivity index (χ0) is 18.1. The molecule has 8 heteroatoms. The molecular formula is C19H25ClFN5O. The zero-order valence-electron chi connectivity index (χ0n) is 15.4. The summed E-state index contributed by atoms with van der Waals surface area (Å²) < 4.78 is 14.8. The fourth-order valence-electron chi connectivity index (χ4n) is 3.86. The molecule has 1 unspecified atom stereocenters. The first-order valence-electron chi connectivity index (χ1n) is 9.18. The van der Waals surface area contributed by atoms with Gasteiger partial charge < -0.3 is 10.2 Å². The Balaban J connectivity index is 0.00000210. The molecule has 0 bridgehead atoms. The van der Waals surface area contributed by atoms with Gasteiger partial charge in [0.25, 0.3) is 5.91 Å². The molecule has 2 aliphatic rings. The molecule has 2 aliphatic heterocycles. The van der Waals surface area contributed by atoms with Gasteiger partial charge in [-0.25, -0.2) is 9.07 Å². The summed E-state index contributed by atoms with van der Waals surface area (Å²) in [5.74, 6) is -0.308. The maximum Gasteiger partial charge on any atom is 0.274 e. The first-order chi connectivity index (χ1) is 12.6. The molecule has 4 rings (SSSR count). The minimum absolute atomic E-state index is 0. The maximum absolute atomic E-state index is 13.1. The number of carbonyl (C=O) groups is 1. The molecule has 0 saturated carbocycles. The van der Waals surface area contributed by atoms with Crippen molar-refractivity contribution in [3.63, 3.8) is 0 Å². The highest BCUT2D eigenvalue weighted by atomic mass is 35.5. The van der Waals surface area contributed by atoms with Crippen LogP contribution in [0.15, 0.2) is 30.3 Å². The van der Waals surface area contributed by atoms with Gasteiger partial charge in [-0.2, -0.15) is 5.10 Å². The summed E-state index contributed by atoms with van der Waals surface area (Å²) in [6.07, 6.45) is 1.02. The van der Waals surface area contributed by atoms with Gasteiger partial charge in [0.1, 0.15) is 5.82 Å². The average Bonchev–Trinajstić information content (AvgIpc) is 3.30. The molecule has 0 aliphatic carbocycles. The monoisotopic (exact) mass is 393 g/mol. The lowest BCUT2D eigenvalue weighted by molar-refractivity contribution is 0.0767. The lowest BCUT2D eigenvalue weighted by Gasteiger charge is -2.32. The third-order valence-corrected chi connectivity index (χ3v) is 5.30. The second-order valence-corrected chi connectivity index (χ2v) is 7.04. The fourth-order valence-corrected chi connectivity index (χ4v) is 3.86. The van der Waals surface area contributed by atoms with E-state index in [1.165, 1.54) is 12.1 Å². The maximum atomic E-state index is 13.1. The molecule has 0 spiro atoms. The fraction of sp³-hybridized carbons (Fsp3) is 0.474. The molecule has 6 nitrogen and oxygen atoms in total. The number of hydrogen-bond donors (Lipinski definition) is 1. The van der Waals surface area contributed by atoms with Gasteiger partial charge >= 0.3 is 0 Å². The molecule has 27 heavy (non-hydrogen) atoms. The van der Waals surface area contributed by atoms with Crippen molar-refractivity contribution in [2.45, 2.75) is 19.4 Å². The molecule has 1 aromatic carbocycles. The lowest BCUT2D eigenvalue weighted by Crippen LogP contribution is -2.49. The van der Waals surface area contributed by atoms with E-state index in [9.17, 15) is 9.18 Å². The molecule has 2 aromatic rings. The third kappa shape index (κ3) is 4.15. The minimum Gasteiger partial charge on any atom is -0.336 e. The summed E-state index contributed by atoms with van der Waals surface area (Å²) >= 11 is 0. The number of hydrogen-bond acceptors (Lipinski definition) is 4. The van der Waals surface area contributed by atoms with Crippen LogP contribution in [0.4, 0.5) is 4.39 Å². The van der Waals surface area contributed by atoms with Gasteiger partial charge in [0, 0.05) is 51.0 Å². The van der Waals surface area contributed by atoms with E-state index in [-0.39, 0.29) is 24.1 Å². The topological polar surface area (TPSA) is 53.4 Å². The molecule has 3 heterocycles. The van der Waals surface area contributed by atoms with E-state index in [1.807, 2.05) is 17.9 Å². The van der Waals surface area contributed by atoms with E-state index in [0.29, 0.717) is 11.7 Å². The number of likely N-dealkylation sites (tertiary alicyclic amines) is 1. The highest BCUT2D eigenvalue weighted by molar-refractivity contribution is 5.92. The summed E-state index contributed by atoms with van der Waals surface area (Å²) in [4.78, 5) is 17.3. The zero-order valence-corrected chi connectivity index (χ0v) is 16.2. The van der Waals surface area contributed by atoms with Crippen molar-refractivity contribution in [2.75, 3.05) is 39.3 Å². The summed E-state index contributed by atoms with van der Waals surface area (Å²) in [5.41, 5.74) is 2.06. The van der Waals surface area contributed by atoms with Crippen LogP contribution in [0.5, 0.6) is 0 Å². The van der Waals surface area contributed by atoms with E-state index in [2.05, 4.69) is 15.3 Å². The summed E-state index contributed by atoms with van der Waals surface area (Å²) in [6.45, 7) is 7.57. The highest BCUT2D eigenvalue weighted by Crippen LogP contribution is 2.20. The highest BCUT2D eigenvalue weighted by Gasteiger charge is 2.32. The van der Waals surface area contributed by atoms with E-state index in [1.54, 1.807) is 16.8 Å². The summed E-state index contributed by atoms with van der Waals surface area (Å²) in [6, 6.07) is 8.39. The molecule has 2 fully saturated rings. The molecular weight excluding hydrogens is 369 g/mol. The SMILES string of the molecule is Cc1cc(C(=O)N2CCC(N3CCNCC3)C2)nn1-c1ccc(F)cc1.Cl. The first kappa shape index (κ1) is 19.8. The Bertz CT molecular complexity index is 788. The Morgan fingerprint density at radius 3 is 2.59 bits per heavy atom. The normalized spacial score (nSPS) is 20.5. The predicted octanol–water partition coefficient (Wildman–Crippen LogP) is 1.86. The number of rotatable bonds is 3.